The van der Waals surface area contributed by atoms with Crippen LogP contribution in [-0.2, 0) is 10.0 Å². The molecule has 3 nitrogen and oxygen atoms in total. The monoisotopic (exact) mass is 281 g/mol. The minimum absolute atomic E-state index is 0.147. The molecular weight excluding hydrogens is 258 g/mol. The summed E-state index contributed by atoms with van der Waals surface area (Å²) in [7, 11) is -1.63. The second-order valence-electron chi connectivity index (χ2n) is 5.71. The van der Waals surface area contributed by atoms with Gasteiger partial charge in [-0.3, -0.25) is 0 Å². The van der Waals surface area contributed by atoms with E-state index < -0.39 is 10.0 Å². The first-order valence-corrected chi connectivity index (χ1v) is 8.40. The molecular formula is C15H23NO2S. The Morgan fingerprint density at radius 2 is 1.89 bits per heavy atom. The Morgan fingerprint density at radius 3 is 2.53 bits per heavy atom. The van der Waals surface area contributed by atoms with Gasteiger partial charge >= 0.3 is 0 Å². The van der Waals surface area contributed by atoms with Crippen LogP contribution in [0.2, 0.25) is 0 Å². The van der Waals surface area contributed by atoms with Crippen LogP contribution in [0.15, 0.2) is 29.2 Å². The largest absolute Gasteiger partial charge is 0.243 e. The third kappa shape index (κ3) is 3.00. The molecule has 0 aromatic heterocycles. The predicted molar refractivity (Wildman–Crippen MR) is 77.5 cm³/mol. The van der Waals surface area contributed by atoms with E-state index in [9.17, 15) is 8.42 Å². The third-order valence-electron chi connectivity index (χ3n) is 4.17. The van der Waals surface area contributed by atoms with Crippen LogP contribution < -0.4 is 0 Å². The molecule has 2 atom stereocenters. The van der Waals surface area contributed by atoms with Gasteiger partial charge in [-0.2, -0.15) is 4.31 Å². The van der Waals surface area contributed by atoms with Crippen molar-refractivity contribution < 1.29 is 8.42 Å². The minimum atomic E-state index is -3.36. The highest BCUT2D eigenvalue weighted by Gasteiger charge is 2.31. The van der Waals surface area contributed by atoms with Crippen LogP contribution in [0, 0.1) is 12.8 Å². The summed E-state index contributed by atoms with van der Waals surface area (Å²) in [6, 6.07) is 7.36. The van der Waals surface area contributed by atoms with Crippen molar-refractivity contribution in [1.29, 1.82) is 0 Å². The van der Waals surface area contributed by atoms with Crippen molar-refractivity contribution in [1.82, 2.24) is 4.31 Å². The molecule has 1 aliphatic carbocycles. The molecule has 0 saturated heterocycles. The first kappa shape index (κ1) is 14.5. The standard InChI is InChI=1S/C15H23NO2S/c1-12-7-6-9-14(11-12)16(3)19(17,18)15-10-5-4-8-13(15)2/h4-5,8,10,12,14H,6-7,9,11H2,1-3H3. The lowest BCUT2D eigenvalue weighted by molar-refractivity contribution is 0.239. The average Bonchev–Trinajstić information content (AvgIpc) is 2.38. The van der Waals surface area contributed by atoms with E-state index in [1.54, 1.807) is 23.5 Å². The Morgan fingerprint density at radius 1 is 1.21 bits per heavy atom. The molecule has 2 rings (SSSR count). The Bertz CT molecular complexity index is 539. The van der Waals surface area contributed by atoms with Crippen LogP contribution in [0.3, 0.4) is 0 Å². The van der Waals surface area contributed by atoms with Gasteiger partial charge in [-0.1, -0.05) is 38.0 Å². The van der Waals surface area contributed by atoms with E-state index in [-0.39, 0.29) is 6.04 Å². The number of aryl methyl sites for hydroxylation is 1. The normalized spacial score (nSPS) is 24.6. The maximum Gasteiger partial charge on any atom is 0.243 e. The molecule has 1 aromatic rings. The quantitative estimate of drug-likeness (QED) is 0.853. The van der Waals surface area contributed by atoms with Gasteiger partial charge in [0.25, 0.3) is 0 Å². The summed E-state index contributed by atoms with van der Waals surface area (Å²) in [4.78, 5) is 0.440. The van der Waals surface area contributed by atoms with Crippen molar-refractivity contribution in [2.45, 2.75) is 50.5 Å². The van der Waals surface area contributed by atoms with Gasteiger partial charge in [0.15, 0.2) is 0 Å². The number of hydrogen-bond donors (Lipinski definition) is 0. The molecule has 0 heterocycles. The fourth-order valence-electron chi connectivity index (χ4n) is 2.93. The average molecular weight is 281 g/mol. The van der Waals surface area contributed by atoms with Gasteiger partial charge in [0.1, 0.15) is 0 Å². The molecule has 1 aliphatic rings. The van der Waals surface area contributed by atoms with Gasteiger partial charge in [-0.25, -0.2) is 8.42 Å². The second-order valence-corrected chi connectivity index (χ2v) is 7.68. The zero-order valence-corrected chi connectivity index (χ0v) is 12.8. The second kappa shape index (κ2) is 5.63. The summed E-state index contributed by atoms with van der Waals surface area (Å²) in [5, 5.41) is 0. The number of benzene rings is 1. The maximum absolute atomic E-state index is 12.7. The van der Waals surface area contributed by atoms with Crippen LogP contribution in [0.25, 0.3) is 0 Å². The van der Waals surface area contributed by atoms with Crippen LogP contribution in [0.5, 0.6) is 0 Å². The first-order chi connectivity index (χ1) is 8.93. The number of sulfonamides is 1. The summed E-state index contributed by atoms with van der Waals surface area (Å²) in [6.45, 7) is 4.06. The lowest BCUT2D eigenvalue weighted by Crippen LogP contribution is -2.40. The van der Waals surface area contributed by atoms with E-state index in [1.165, 1.54) is 6.42 Å². The van der Waals surface area contributed by atoms with Crippen LogP contribution in [-0.4, -0.2) is 25.8 Å². The van der Waals surface area contributed by atoms with Crippen LogP contribution in [0.1, 0.15) is 38.2 Å². The van der Waals surface area contributed by atoms with Gasteiger partial charge in [0, 0.05) is 13.1 Å². The third-order valence-corrected chi connectivity index (χ3v) is 6.24. The molecule has 0 spiro atoms. The number of rotatable bonds is 3. The van der Waals surface area contributed by atoms with E-state index >= 15 is 0 Å². The molecule has 0 bridgehead atoms. The summed E-state index contributed by atoms with van der Waals surface area (Å²) in [5.41, 5.74) is 0.818. The van der Waals surface area contributed by atoms with E-state index in [2.05, 4.69) is 6.92 Å². The maximum atomic E-state index is 12.7. The molecule has 0 amide bonds. The highest BCUT2D eigenvalue weighted by atomic mass is 32.2. The van der Waals surface area contributed by atoms with Crippen LogP contribution >= 0.6 is 0 Å². The first-order valence-electron chi connectivity index (χ1n) is 6.96. The smallest absolute Gasteiger partial charge is 0.207 e. The molecule has 106 valence electrons. The lowest BCUT2D eigenvalue weighted by Gasteiger charge is -2.33. The molecule has 1 aromatic carbocycles. The zero-order chi connectivity index (χ0) is 14.0. The molecule has 4 heteroatoms. The van der Waals surface area contributed by atoms with Crippen LogP contribution in [0.4, 0.5) is 0 Å². The van der Waals surface area contributed by atoms with E-state index in [1.807, 2.05) is 19.1 Å². The van der Waals surface area contributed by atoms with Crippen molar-refractivity contribution >= 4 is 10.0 Å². The Balaban J connectivity index is 2.27. The van der Waals surface area contributed by atoms with E-state index in [4.69, 9.17) is 0 Å². The Labute approximate surface area is 116 Å². The molecule has 19 heavy (non-hydrogen) atoms. The van der Waals surface area contributed by atoms with Gasteiger partial charge < -0.3 is 0 Å². The Kier molecular flexibility index (Phi) is 4.31. The minimum Gasteiger partial charge on any atom is -0.207 e. The van der Waals surface area contributed by atoms with Crippen molar-refractivity contribution in [2.24, 2.45) is 5.92 Å². The van der Waals surface area contributed by atoms with Gasteiger partial charge in [-0.15, -0.1) is 0 Å². The highest BCUT2D eigenvalue weighted by molar-refractivity contribution is 7.89. The van der Waals surface area contributed by atoms with Crippen molar-refractivity contribution in [3.05, 3.63) is 29.8 Å². The number of hydrogen-bond acceptors (Lipinski definition) is 2. The molecule has 1 saturated carbocycles. The fourth-order valence-corrected chi connectivity index (χ4v) is 4.55. The molecule has 0 N–H and O–H groups in total. The zero-order valence-electron chi connectivity index (χ0n) is 12.0. The number of nitrogens with zero attached hydrogens (tertiary/aromatic N) is 1. The molecule has 1 fully saturated rings. The molecule has 0 aliphatic heterocycles. The molecule has 0 radical (unpaired) electrons. The highest BCUT2D eigenvalue weighted by Crippen LogP contribution is 2.30. The van der Waals surface area contributed by atoms with Gasteiger partial charge in [0.2, 0.25) is 10.0 Å². The van der Waals surface area contributed by atoms with Crippen molar-refractivity contribution in [2.75, 3.05) is 7.05 Å². The van der Waals surface area contributed by atoms with Gasteiger partial charge in [-0.05, 0) is 37.3 Å². The Hall–Kier alpha value is -0.870. The van der Waals surface area contributed by atoms with Crippen molar-refractivity contribution in [3.63, 3.8) is 0 Å². The topological polar surface area (TPSA) is 37.4 Å². The molecule has 2 unspecified atom stereocenters. The summed E-state index contributed by atoms with van der Waals surface area (Å²) in [6.07, 6.45) is 4.29. The van der Waals surface area contributed by atoms with E-state index in [0.717, 1.165) is 24.8 Å². The fraction of sp³-hybridized carbons (Fsp3) is 0.600. The van der Waals surface area contributed by atoms with Crippen molar-refractivity contribution in [3.8, 4) is 0 Å². The predicted octanol–water partition coefficient (Wildman–Crippen LogP) is 3.19. The van der Waals surface area contributed by atoms with Gasteiger partial charge in [0.05, 0.1) is 4.90 Å². The van der Waals surface area contributed by atoms with E-state index in [0.29, 0.717) is 10.8 Å². The summed E-state index contributed by atoms with van der Waals surface area (Å²) >= 11 is 0. The SMILES string of the molecule is Cc1ccccc1S(=O)(=O)N(C)C1CCCC(C)C1. The summed E-state index contributed by atoms with van der Waals surface area (Å²) in [5.74, 6) is 0.619. The lowest BCUT2D eigenvalue weighted by atomic mass is 9.87. The summed E-state index contributed by atoms with van der Waals surface area (Å²) < 4.78 is 27.0.